The molecule has 1 saturated carbocycles. The SMILES string of the molecule is CN(c1ccc(C=O)c(C(F)(F)F)c1)C1CCCCCC1. The Bertz CT molecular complexity index is 491. The lowest BCUT2D eigenvalue weighted by atomic mass is 10.0. The molecule has 2 rings (SSSR count). The van der Waals surface area contributed by atoms with Crippen LogP contribution in [-0.2, 0) is 6.18 Å². The standard InChI is InChI=1S/C16H20F3NO/c1-20(13-6-4-2-3-5-7-13)14-9-8-12(11-21)15(10-14)16(17,18)19/h8-11,13H,2-7H2,1H3. The molecule has 0 aliphatic heterocycles. The topological polar surface area (TPSA) is 20.3 Å². The smallest absolute Gasteiger partial charge is 0.372 e. The van der Waals surface area contributed by atoms with E-state index < -0.39 is 11.7 Å². The van der Waals surface area contributed by atoms with Crippen molar-refractivity contribution in [3.05, 3.63) is 29.3 Å². The maximum Gasteiger partial charge on any atom is 0.417 e. The van der Waals surface area contributed by atoms with Gasteiger partial charge in [0.2, 0.25) is 0 Å². The fourth-order valence-corrected chi connectivity index (χ4v) is 2.97. The molecule has 0 spiro atoms. The summed E-state index contributed by atoms with van der Waals surface area (Å²) in [6.07, 6.45) is 2.40. The summed E-state index contributed by atoms with van der Waals surface area (Å²) in [5, 5.41) is 0. The van der Waals surface area contributed by atoms with Gasteiger partial charge in [0.05, 0.1) is 5.56 Å². The normalized spacial score (nSPS) is 17.3. The van der Waals surface area contributed by atoms with Crippen molar-refractivity contribution in [3.8, 4) is 0 Å². The number of alkyl halides is 3. The minimum Gasteiger partial charge on any atom is -0.372 e. The first-order chi connectivity index (χ1) is 9.93. The summed E-state index contributed by atoms with van der Waals surface area (Å²) in [5.74, 6) is 0. The van der Waals surface area contributed by atoms with Crippen LogP contribution in [0.3, 0.4) is 0 Å². The van der Waals surface area contributed by atoms with Crippen LogP contribution in [0.4, 0.5) is 18.9 Å². The molecule has 2 nitrogen and oxygen atoms in total. The molecule has 0 aromatic heterocycles. The number of nitrogens with zero attached hydrogens (tertiary/aromatic N) is 1. The number of carbonyl (C=O) groups excluding carboxylic acids is 1. The van der Waals surface area contributed by atoms with Crippen LogP contribution in [0.25, 0.3) is 0 Å². The zero-order valence-electron chi connectivity index (χ0n) is 12.1. The van der Waals surface area contributed by atoms with E-state index in [1.165, 1.54) is 18.9 Å². The highest BCUT2D eigenvalue weighted by Gasteiger charge is 2.34. The number of aldehydes is 1. The van der Waals surface area contributed by atoms with Gasteiger partial charge in [-0.05, 0) is 31.0 Å². The van der Waals surface area contributed by atoms with Gasteiger partial charge in [0.15, 0.2) is 6.29 Å². The molecule has 0 atom stereocenters. The highest BCUT2D eigenvalue weighted by Crippen LogP contribution is 2.35. The lowest BCUT2D eigenvalue weighted by Gasteiger charge is -2.30. The molecule has 5 heteroatoms. The van der Waals surface area contributed by atoms with E-state index in [1.807, 2.05) is 11.9 Å². The Balaban J connectivity index is 2.28. The average molecular weight is 299 g/mol. The second kappa shape index (κ2) is 6.50. The molecule has 0 heterocycles. The van der Waals surface area contributed by atoms with E-state index in [9.17, 15) is 18.0 Å². The molecule has 116 valence electrons. The van der Waals surface area contributed by atoms with Gasteiger partial charge in [0, 0.05) is 24.3 Å². The average Bonchev–Trinajstić information content (AvgIpc) is 2.74. The Morgan fingerprint density at radius 3 is 2.29 bits per heavy atom. The maximum atomic E-state index is 13.0. The molecular weight excluding hydrogens is 279 g/mol. The third-order valence-corrected chi connectivity index (χ3v) is 4.25. The van der Waals surface area contributed by atoms with Gasteiger partial charge >= 0.3 is 6.18 Å². The molecule has 0 bridgehead atoms. The first kappa shape index (κ1) is 15.9. The second-order valence-corrected chi connectivity index (χ2v) is 5.64. The number of anilines is 1. The second-order valence-electron chi connectivity index (χ2n) is 5.64. The minimum absolute atomic E-state index is 0.262. The summed E-state index contributed by atoms with van der Waals surface area (Å²) < 4.78 is 39.0. The number of hydrogen-bond acceptors (Lipinski definition) is 2. The zero-order chi connectivity index (χ0) is 15.5. The summed E-state index contributed by atoms with van der Waals surface area (Å²) >= 11 is 0. The lowest BCUT2D eigenvalue weighted by molar-refractivity contribution is -0.137. The third-order valence-electron chi connectivity index (χ3n) is 4.25. The summed E-state index contributed by atoms with van der Waals surface area (Å²) in [4.78, 5) is 12.7. The van der Waals surface area contributed by atoms with E-state index in [0.717, 1.165) is 31.7 Å². The summed E-state index contributed by atoms with van der Waals surface area (Å²) in [7, 11) is 1.84. The van der Waals surface area contributed by atoms with Crippen molar-refractivity contribution >= 4 is 12.0 Å². The van der Waals surface area contributed by atoms with Gasteiger partial charge in [-0.1, -0.05) is 25.7 Å². The first-order valence-electron chi connectivity index (χ1n) is 7.32. The van der Waals surface area contributed by atoms with Crippen molar-refractivity contribution in [3.63, 3.8) is 0 Å². The van der Waals surface area contributed by atoms with Gasteiger partial charge in [0.1, 0.15) is 0 Å². The fourth-order valence-electron chi connectivity index (χ4n) is 2.97. The predicted molar refractivity (Wildman–Crippen MR) is 76.7 cm³/mol. The lowest BCUT2D eigenvalue weighted by Crippen LogP contribution is -2.31. The fraction of sp³-hybridized carbons (Fsp3) is 0.562. The molecule has 0 unspecified atom stereocenters. The quantitative estimate of drug-likeness (QED) is 0.597. The minimum atomic E-state index is -4.50. The molecule has 0 radical (unpaired) electrons. The van der Waals surface area contributed by atoms with Crippen molar-refractivity contribution in [2.45, 2.75) is 50.7 Å². The molecular formula is C16H20F3NO. The number of hydrogen-bond donors (Lipinski definition) is 0. The Hall–Kier alpha value is -1.52. The molecule has 1 aromatic rings. The zero-order valence-corrected chi connectivity index (χ0v) is 12.1. The van der Waals surface area contributed by atoms with Crippen LogP contribution >= 0.6 is 0 Å². The van der Waals surface area contributed by atoms with Crippen LogP contribution in [-0.4, -0.2) is 19.4 Å². The van der Waals surface area contributed by atoms with Gasteiger partial charge in [0.25, 0.3) is 0 Å². The predicted octanol–water partition coefficient (Wildman–Crippen LogP) is 4.68. The van der Waals surface area contributed by atoms with Crippen molar-refractivity contribution < 1.29 is 18.0 Å². The van der Waals surface area contributed by atoms with Gasteiger partial charge in [-0.3, -0.25) is 4.79 Å². The van der Waals surface area contributed by atoms with Crippen LogP contribution in [0.5, 0.6) is 0 Å². The third kappa shape index (κ3) is 3.77. The van der Waals surface area contributed by atoms with Gasteiger partial charge in [-0.2, -0.15) is 13.2 Å². The van der Waals surface area contributed by atoms with E-state index >= 15 is 0 Å². The Morgan fingerprint density at radius 2 is 1.76 bits per heavy atom. The molecule has 0 N–H and O–H groups in total. The molecule has 1 aromatic carbocycles. The Kier molecular flexibility index (Phi) is 4.91. The van der Waals surface area contributed by atoms with Crippen molar-refractivity contribution in [1.82, 2.24) is 0 Å². The highest BCUT2D eigenvalue weighted by atomic mass is 19.4. The van der Waals surface area contributed by atoms with Crippen molar-refractivity contribution in [2.24, 2.45) is 0 Å². The van der Waals surface area contributed by atoms with Crippen molar-refractivity contribution in [2.75, 3.05) is 11.9 Å². The van der Waals surface area contributed by atoms with E-state index in [-0.39, 0.29) is 17.9 Å². The summed E-state index contributed by atoms with van der Waals surface area (Å²) in [6, 6.07) is 4.23. The number of rotatable bonds is 3. The summed E-state index contributed by atoms with van der Waals surface area (Å²) in [6.45, 7) is 0. The Morgan fingerprint density at radius 1 is 1.14 bits per heavy atom. The number of carbonyl (C=O) groups is 1. The van der Waals surface area contributed by atoms with Gasteiger partial charge in [-0.15, -0.1) is 0 Å². The largest absolute Gasteiger partial charge is 0.417 e. The van der Waals surface area contributed by atoms with Crippen LogP contribution in [0.1, 0.15) is 54.4 Å². The van der Waals surface area contributed by atoms with E-state index in [2.05, 4.69) is 0 Å². The van der Waals surface area contributed by atoms with Gasteiger partial charge in [-0.25, -0.2) is 0 Å². The molecule has 1 aliphatic rings. The maximum absolute atomic E-state index is 13.0. The van der Waals surface area contributed by atoms with Gasteiger partial charge < -0.3 is 4.90 Å². The number of halogens is 3. The van der Waals surface area contributed by atoms with Crippen molar-refractivity contribution in [1.29, 1.82) is 0 Å². The molecule has 1 fully saturated rings. The number of benzene rings is 1. The molecule has 0 saturated heterocycles. The van der Waals surface area contributed by atoms with Crippen LogP contribution in [0.15, 0.2) is 18.2 Å². The summed E-state index contributed by atoms with van der Waals surface area (Å²) in [5.41, 5.74) is -0.629. The molecule has 1 aliphatic carbocycles. The van der Waals surface area contributed by atoms with Crippen LogP contribution in [0, 0.1) is 0 Å². The molecule has 0 amide bonds. The molecule has 21 heavy (non-hydrogen) atoms. The van der Waals surface area contributed by atoms with E-state index in [0.29, 0.717) is 5.69 Å². The van der Waals surface area contributed by atoms with E-state index in [4.69, 9.17) is 0 Å². The van der Waals surface area contributed by atoms with Crippen LogP contribution in [0.2, 0.25) is 0 Å². The van der Waals surface area contributed by atoms with Crippen LogP contribution < -0.4 is 4.90 Å². The first-order valence-corrected chi connectivity index (χ1v) is 7.32. The Labute approximate surface area is 122 Å². The van der Waals surface area contributed by atoms with E-state index in [1.54, 1.807) is 6.07 Å². The highest BCUT2D eigenvalue weighted by molar-refractivity contribution is 5.79. The monoisotopic (exact) mass is 299 g/mol.